The van der Waals surface area contributed by atoms with E-state index >= 15 is 0 Å². The monoisotopic (exact) mass is 292 g/mol. The minimum absolute atomic E-state index is 0.114. The molecule has 1 aromatic carbocycles. The second-order valence-electron chi connectivity index (χ2n) is 5.15. The van der Waals surface area contributed by atoms with E-state index in [1.165, 1.54) is 0 Å². The maximum absolute atomic E-state index is 12.2. The van der Waals surface area contributed by atoms with E-state index in [2.05, 4.69) is 10.6 Å². The van der Waals surface area contributed by atoms with Crippen LogP contribution in [0.1, 0.15) is 45.6 Å². The fourth-order valence-electron chi connectivity index (χ4n) is 2.37. The third-order valence-electron chi connectivity index (χ3n) is 4.02. The summed E-state index contributed by atoms with van der Waals surface area (Å²) in [4.78, 5) is 23.0. The van der Waals surface area contributed by atoms with Crippen molar-refractivity contribution in [3.8, 4) is 0 Å². The summed E-state index contributed by atoms with van der Waals surface area (Å²) < 4.78 is 0. The molecule has 0 aliphatic rings. The summed E-state index contributed by atoms with van der Waals surface area (Å²) >= 11 is 0. The van der Waals surface area contributed by atoms with Crippen molar-refractivity contribution in [1.82, 2.24) is 5.32 Å². The SMILES string of the molecule is CCC(CC)(CC)NC(=O)Nc1ccccc1CC(=O)O. The number of para-hydroxylation sites is 1. The number of amides is 2. The van der Waals surface area contributed by atoms with Crippen LogP contribution in [0.2, 0.25) is 0 Å². The normalized spacial score (nSPS) is 11.0. The molecule has 0 spiro atoms. The quantitative estimate of drug-likeness (QED) is 0.720. The van der Waals surface area contributed by atoms with Gasteiger partial charge < -0.3 is 15.7 Å². The molecule has 0 atom stereocenters. The smallest absolute Gasteiger partial charge is 0.319 e. The first-order valence-corrected chi connectivity index (χ1v) is 7.35. The van der Waals surface area contributed by atoms with Gasteiger partial charge >= 0.3 is 12.0 Å². The number of hydrogen-bond donors (Lipinski definition) is 3. The van der Waals surface area contributed by atoms with Gasteiger partial charge in [-0.05, 0) is 30.9 Å². The Balaban J connectivity index is 2.81. The summed E-state index contributed by atoms with van der Waals surface area (Å²) in [7, 11) is 0. The number of carbonyl (C=O) groups excluding carboxylic acids is 1. The Labute approximate surface area is 125 Å². The average Bonchev–Trinajstić information content (AvgIpc) is 2.46. The molecule has 0 saturated carbocycles. The molecule has 0 aliphatic heterocycles. The van der Waals surface area contributed by atoms with Crippen LogP contribution in [0.5, 0.6) is 0 Å². The lowest BCUT2D eigenvalue weighted by molar-refractivity contribution is -0.136. The van der Waals surface area contributed by atoms with E-state index in [-0.39, 0.29) is 18.0 Å². The van der Waals surface area contributed by atoms with Gasteiger partial charge in [0.15, 0.2) is 0 Å². The molecule has 0 saturated heterocycles. The molecule has 0 aliphatic carbocycles. The fourth-order valence-corrected chi connectivity index (χ4v) is 2.37. The zero-order chi connectivity index (χ0) is 15.9. The van der Waals surface area contributed by atoms with Gasteiger partial charge in [-0.2, -0.15) is 0 Å². The highest BCUT2D eigenvalue weighted by Gasteiger charge is 2.26. The number of benzene rings is 1. The molecule has 5 heteroatoms. The topological polar surface area (TPSA) is 78.4 Å². The summed E-state index contributed by atoms with van der Waals surface area (Å²) in [5, 5.41) is 14.7. The van der Waals surface area contributed by atoms with Gasteiger partial charge in [-0.3, -0.25) is 4.79 Å². The van der Waals surface area contributed by atoms with Crippen molar-refractivity contribution in [2.45, 2.75) is 52.0 Å². The van der Waals surface area contributed by atoms with E-state index in [1.807, 2.05) is 20.8 Å². The summed E-state index contributed by atoms with van der Waals surface area (Å²) in [6.07, 6.45) is 2.44. The van der Waals surface area contributed by atoms with Gasteiger partial charge in [-0.25, -0.2) is 4.79 Å². The Morgan fingerprint density at radius 1 is 1.10 bits per heavy atom. The molecule has 3 N–H and O–H groups in total. The third-order valence-corrected chi connectivity index (χ3v) is 4.02. The van der Waals surface area contributed by atoms with Crippen molar-refractivity contribution in [3.63, 3.8) is 0 Å². The lowest BCUT2D eigenvalue weighted by Gasteiger charge is -2.31. The van der Waals surface area contributed by atoms with Gasteiger partial charge in [0.25, 0.3) is 0 Å². The Hall–Kier alpha value is -2.04. The first-order chi connectivity index (χ1) is 9.96. The van der Waals surface area contributed by atoms with Gasteiger partial charge in [0, 0.05) is 11.2 Å². The van der Waals surface area contributed by atoms with E-state index in [9.17, 15) is 9.59 Å². The van der Waals surface area contributed by atoms with E-state index < -0.39 is 5.97 Å². The van der Waals surface area contributed by atoms with Gasteiger partial charge in [-0.1, -0.05) is 39.0 Å². The van der Waals surface area contributed by atoms with Gasteiger partial charge in [0.05, 0.1) is 6.42 Å². The molecule has 0 bridgehead atoms. The summed E-state index contributed by atoms with van der Waals surface area (Å²) in [6.45, 7) is 6.14. The second kappa shape index (κ2) is 7.67. The van der Waals surface area contributed by atoms with Crippen molar-refractivity contribution >= 4 is 17.7 Å². The number of urea groups is 1. The van der Waals surface area contributed by atoms with E-state index in [0.29, 0.717) is 11.3 Å². The summed E-state index contributed by atoms with van der Waals surface area (Å²) in [6, 6.07) is 6.65. The first-order valence-electron chi connectivity index (χ1n) is 7.35. The number of hydrogen-bond acceptors (Lipinski definition) is 2. The fraction of sp³-hybridized carbons (Fsp3) is 0.500. The van der Waals surface area contributed by atoms with Crippen LogP contribution in [0.4, 0.5) is 10.5 Å². The molecule has 21 heavy (non-hydrogen) atoms. The molecule has 0 heterocycles. The number of aliphatic carboxylic acids is 1. The third kappa shape index (κ3) is 4.77. The minimum Gasteiger partial charge on any atom is -0.481 e. The van der Waals surface area contributed by atoms with Gasteiger partial charge in [0.2, 0.25) is 0 Å². The number of rotatable bonds is 7. The van der Waals surface area contributed by atoms with Crippen LogP contribution >= 0.6 is 0 Å². The highest BCUT2D eigenvalue weighted by Crippen LogP contribution is 2.20. The number of carbonyl (C=O) groups is 2. The zero-order valence-electron chi connectivity index (χ0n) is 12.9. The molecule has 0 unspecified atom stereocenters. The van der Waals surface area contributed by atoms with Gasteiger partial charge in [-0.15, -0.1) is 0 Å². The minimum atomic E-state index is -0.922. The highest BCUT2D eigenvalue weighted by atomic mass is 16.4. The van der Waals surface area contributed by atoms with Crippen LogP contribution in [-0.2, 0) is 11.2 Å². The lowest BCUT2D eigenvalue weighted by Crippen LogP contribution is -2.48. The van der Waals surface area contributed by atoms with Crippen molar-refractivity contribution in [1.29, 1.82) is 0 Å². The first kappa shape index (κ1) is 17.0. The standard InChI is InChI=1S/C16H24N2O3/c1-4-16(5-2,6-3)18-15(21)17-13-10-8-7-9-12(13)11-14(19)20/h7-10H,4-6,11H2,1-3H3,(H,19,20)(H2,17,18,21). The number of anilines is 1. The molecule has 0 aromatic heterocycles. The van der Waals surface area contributed by atoms with E-state index in [1.54, 1.807) is 24.3 Å². The Morgan fingerprint density at radius 3 is 2.19 bits per heavy atom. The molecule has 0 radical (unpaired) electrons. The summed E-state index contributed by atoms with van der Waals surface area (Å²) in [5.74, 6) is -0.922. The lowest BCUT2D eigenvalue weighted by atomic mass is 9.90. The summed E-state index contributed by atoms with van der Waals surface area (Å²) in [5.41, 5.74) is 0.913. The van der Waals surface area contributed by atoms with Crippen LogP contribution in [0.3, 0.4) is 0 Å². The van der Waals surface area contributed by atoms with Crippen LogP contribution in [0.15, 0.2) is 24.3 Å². The molecule has 0 fully saturated rings. The van der Waals surface area contributed by atoms with Crippen LogP contribution in [-0.4, -0.2) is 22.6 Å². The molecule has 2 amide bonds. The van der Waals surface area contributed by atoms with Crippen molar-refractivity contribution < 1.29 is 14.7 Å². The molecule has 1 rings (SSSR count). The molecular formula is C16H24N2O3. The molecule has 1 aromatic rings. The largest absolute Gasteiger partial charge is 0.481 e. The maximum Gasteiger partial charge on any atom is 0.319 e. The molecular weight excluding hydrogens is 268 g/mol. The molecule has 116 valence electrons. The van der Waals surface area contributed by atoms with E-state index in [4.69, 9.17) is 5.11 Å². The highest BCUT2D eigenvalue weighted by molar-refractivity contribution is 5.91. The van der Waals surface area contributed by atoms with Crippen LogP contribution in [0, 0.1) is 0 Å². The zero-order valence-corrected chi connectivity index (χ0v) is 12.9. The van der Waals surface area contributed by atoms with Crippen LogP contribution in [0.25, 0.3) is 0 Å². The second-order valence-corrected chi connectivity index (χ2v) is 5.15. The van der Waals surface area contributed by atoms with Crippen molar-refractivity contribution in [2.24, 2.45) is 0 Å². The number of nitrogens with one attached hydrogen (secondary N) is 2. The molecule has 5 nitrogen and oxygen atoms in total. The Morgan fingerprint density at radius 2 is 1.67 bits per heavy atom. The number of carboxylic acids is 1. The predicted molar refractivity (Wildman–Crippen MR) is 83.5 cm³/mol. The number of carboxylic acid groups (broad SMARTS) is 1. The Bertz CT molecular complexity index is 488. The Kier molecular flexibility index (Phi) is 6.21. The average molecular weight is 292 g/mol. The van der Waals surface area contributed by atoms with Crippen molar-refractivity contribution in [2.75, 3.05) is 5.32 Å². The predicted octanol–water partition coefficient (Wildman–Crippen LogP) is 3.40. The van der Waals surface area contributed by atoms with Crippen molar-refractivity contribution in [3.05, 3.63) is 29.8 Å². The van der Waals surface area contributed by atoms with E-state index in [0.717, 1.165) is 19.3 Å². The van der Waals surface area contributed by atoms with Gasteiger partial charge in [0.1, 0.15) is 0 Å². The van der Waals surface area contributed by atoms with Crippen LogP contribution < -0.4 is 10.6 Å². The maximum atomic E-state index is 12.2.